The van der Waals surface area contributed by atoms with E-state index < -0.39 is 30.1 Å². The molecule has 2 amide bonds. The van der Waals surface area contributed by atoms with E-state index in [-0.39, 0.29) is 25.3 Å². The van der Waals surface area contributed by atoms with Gasteiger partial charge in [-0.15, -0.1) is 0 Å². The lowest BCUT2D eigenvalue weighted by Gasteiger charge is -2.24. The van der Waals surface area contributed by atoms with Crippen LogP contribution in [0.4, 0.5) is 0 Å². The lowest BCUT2D eigenvalue weighted by Crippen LogP contribution is -2.51. The monoisotopic (exact) mass is 370 g/mol. The van der Waals surface area contributed by atoms with Gasteiger partial charge >= 0.3 is 5.97 Å². The number of benzene rings is 2. The highest BCUT2D eigenvalue weighted by Gasteiger charge is 2.38. The van der Waals surface area contributed by atoms with E-state index in [0.717, 1.165) is 16.3 Å². The third-order valence-corrected chi connectivity index (χ3v) is 4.85. The Kier molecular flexibility index (Phi) is 5.41. The van der Waals surface area contributed by atoms with Gasteiger partial charge in [0.1, 0.15) is 12.1 Å². The second kappa shape index (κ2) is 7.75. The molecule has 7 heteroatoms. The summed E-state index contributed by atoms with van der Waals surface area (Å²) in [6.45, 7) is 1.40. The van der Waals surface area contributed by atoms with Crippen LogP contribution in [-0.2, 0) is 20.8 Å². The fourth-order valence-electron chi connectivity index (χ4n) is 3.48. The number of aliphatic hydroxyl groups excluding tert-OH is 1. The Bertz CT molecular complexity index is 882. The molecule has 0 aromatic heterocycles. The zero-order chi connectivity index (χ0) is 19.6. The third-order valence-electron chi connectivity index (χ3n) is 4.85. The van der Waals surface area contributed by atoms with Crippen molar-refractivity contribution < 1.29 is 24.6 Å². The van der Waals surface area contributed by atoms with Crippen LogP contribution in [0.2, 0.25) is 0 Å². The van der Waals surface area contributed by atoms with E-state index in [0.29, 0.717) is 0 Å². The number of aliphatic carboxylic acids is 1. The molecule has 0 spiro atoms. The lowest BCUT2D eigenvalue weighted by atomic mass is 10.0. The Labute approximate surface area is 156 Å². The fraction of sp³-hybridized carbons (Fsp3) is 0.350. The molecule has 1 fully saturated rings. The summed E-state index contributed by atoms with van der Waals surface area (Å²) >= 11 is 0. The number of likely N-dealkylation sites (tertiary alicyclic amines) is 1. The Hall–Kier alpha value is -2.93. The van der Waals surface area contributed by atoms with Crippen LogP contribution < -0.4 is 5.32 Å². The predicted octanol–water partition coefficient (Wildman–Crippen LogP) is 0.933. The molecule has 3 rings (SSSR count). The molecule has 142 valence electrons. The highest BCUT2D eigenvalue weighted by atomic mass is 16.4. The minimum absolute atomic E-state index is 0.0792. The third kappa shape index (κ3) is 4.25. The van der Waals surface area contributed by atoms with Gasteiger partial charge in [0.2, 0.25) is 11.8 Å². The van der Waals surface area contributed by atoms with Gasteiger partial charge in [0, 0.05) is 26.3 Å². The van der Waals surface area contributed by atoms with Crippen molar-refractivity contribution in [3.63, 3.8) is 0 Å². The summed E-state index contributed by atoms with van der Waals surface area (Å²) in [4.78, 5) is 37.1. The molecule has 3 atom stereocenters. The van der Waals surface area contributed by atoms with E-state index in [1.54, 1.807) is 0 Å². The molecular formula is C20H22N2O5. The zero-order valence-corrected chi connectivity index (χ0v) is 15.0. The van der Waals surface area contributed by atoms with Crippen molar-refractivity contribution in [1.29, 1.82) is 0 Å². The van der Waals surface area contributed by atoms with Crippen LogP contribution in [0.25, 0.3) is 10.8 Å². The van der Waals surface area contributed by atoms with Gasteiger partial charge in [-0.3, -0.25) is 9.59 Å². The second-order valence-corrected chi connectivity index (χ2v) is 6.86. The highest BCUT2D eigenvalue weighted by molar-refractivity contribution is 5.90. The number of amides is 2. The van der Waals surface area contributed by atoms with Crippen molar-refractivity contribution in [3.8, 4) is 0 Å². The molecule has 1 heterocycles. The SMILES string of the molecule is CC(=O)N1C[C@H](O)C[C@H]1C(=O)N[C@@H](Cc1ccc2ccccc2c1)C(=O)O. The number of β-amino-alcohol motifs (C(OH)–C–C–N with tert-alkyl or cyclic N) is 1. The van der Waals surface area contributed by atoms with Crippen molar-refractivity contribution >= 4 is 28.6 Å². The summed E-state index contributed by atoms with van der Waals surface area (Å²) in [6, 6.07) is 11.4. The summed E-state index contributed by atoms with van der Waals surface area (Å²) in [7, 11) is 0. The molecule has 0 unspecified atom stereocenters. The first kappa shape index (κ1) is 18.8. The quantitative estimate of drug-likeness (QED) is 0.726. The lowest BCUT2D eigenvalue weighted by molar-refractivity contribution is -0.143. The van der Waals surface area contributed by atoms with Crippen molar-refractivity contribution in [3.05, 3.63) is 48.0 Å². The molecule has 0 radical (unpaired) electrons. The maximum atomic E-state index is 12.5. The number of rotatable bonds is 5. The number of fused-ring (bicyclic) bond motifs is 1. The molecule has 27 heavy (non-hydrogen) atoms. The molecule has 2 aromatic rings. The van der Waals surface area contributed by atoms with Gasteiger partial charge in [0.15, 0.2) is 0 Å². The van der Waals surface area contributed by atoms with Crippen LogP contribution >= 0.6 is 0 Å². The number of nitrogens with zero attached hydrogens (tertiary/aromatic N) is 1. The molecule has 0 bridgehead atoms. The van der Waals surface area contributed by atoms with Crippen LogP contribution in [0.15, 0.2) is 42.5 Å². The van der Waals surface area contributed by atoms with Crippen LogP contribution in [-0.4, -0.2) is 57.6 Å². The number of carboxylic acid groups (broad SMARTS) is 1. The largest absolute Gasteiger partial charge is 0.480 e. The zero-order valence-electron chi connectivity index (χ0n) is 15.0. The van der Waals surface area contributed by atoms with Crippen LogP contribution in [0.3, 0.4) is 0 Å². The van der Waals surface area contributed by atoms with Gasteiger partial charge in [-0.2, -0.15) is 0 Å². The van der Waals surface area contributed by atoms with E-state index in [2.05, 4.69) is 5.32 Å². The predicted molar refractivity (Wildman–Crippen MR) is 99.0 cm³/mol. The van der Waals surface area contributed by atoms with Gasteiger partial charge in [0.05, 0.1) is 6.10 Å². The Morgan fingerprint density at radius 2 is 1.89 bits per heavy atom. The van der Waals surface area contributed by atoms with Crippen molar-refractivity contribution in [2.24, 2.45) is 0 Å². The van der Waals surface area contributed by atoms with Gasteiger partial charge in [-0.05, 0) is 16.3 Å². The van der Waals surface area contributed by atoms with E-state index in [1.807, 2.05) is 42.5 Å². The van der Waals surface area contributed by atoms with Crippen molar-refractivity contribution in [1.82, 2.24) is 10.2 Å². The van der Waals surface area contributed by atoms with Gasteiger partial charge in [-0.1, -0.05) is 42.5 Å². The molecule has 2 aromatic carbocycles. The number of carboxylic acids is 1. The average Bonchev–Trinajstić information content (AvgIpc) is 3.03. The van der Waals surface area contributed by atoms with Crippen LogP contribution in [0, 0.1) is 0 Å². The minimum atomic E-state index is -1.15. The summed E-state index contributed by atoms with van der Waals surface area (Å²) in [5.41, 5.74) is 0.788. The average molecular weight is 370 g/mol. The molecule has 1 saturated heterocycles. The van der Waals surface area contributed by atoms with E-state index in [9.17, 15) is 24.6 Å². The topological polar surface area (TPSA) is 107 Å². The molecule has 1 aliphatic rings. The fourth-order valence-corrected chi connectivity index (χ4v) is 3.48. The van der Waals surface area contributed by atoms with Crippen molar-refractivity contribution in [2.75, 3.05) is 6.54 Å². The smallest absolute Gasteiger partial charge is 0.326 e. The summed E-state index contributed by atoms with van der Waals surface area (Å²) < 4.78 is 0. The maximum absolute atomic E-state index is 12.5. The number of hydrogen-bond donors (Lipinski definition) is 3. The van der Waals surface area contributed by atoms with E-state index >= 15 is 0 Å². The first-order chi connectivity index (χ1) is 12.8. The second-order valence-electron chi connectivity index (χ2n) is 6.86. The van der Waals surface area contributed by atoms with Gasteiger partial charge in [0.25, 0.3) is 0 Å². The highest BCUT2D eigenvalue weighted by Crippen LogP contribution is 2.20. The van der Waals surface area contributed by atoms with E-state index in [1.165, 1.54) is 11.8 Å². The molecule has 0 saturated carbocycles. The Morgan fingerprint density at radius 3 is 2.56 bits per heavy atom. The minimum Gasteiger partial charge on any atom is -0.480 e. The molecular weight excluding hydrogens is 348 g/mol. The van der Waals surface area contributed by atoms with Crippen molar-refractivity contribution in [2.45, 2.75) is 38.0 Å². The Balaban J connectivity index is 1.74. The van der Waals surface area contributed by atoms with Crippen LogP contribution in [0.1, 0.15) is 18.9 Å². The number of aliphatic hydroxyl groups is 1. The first-order valence-corrected chi connectivity index (χ1v) is 8.81. The number of nitrogens with one attached hydrogen (secondary N) is 1. The van der Waals surface area contributed by atoms with Crippen LogP contribution in [0.5, 0.6) is 0 Å². The first-order valence-electron chi connectivity index (χ1n) is 8.81. The molecule has 7 nitrogen and oxygen atoms in total. The van der Waals surface area contributed by atoms with Gasteiger partial charge in [-0.25, -0.2) is 4.79 Å². The number of carbonyl (C=O) groups is 3. The Morgan fingerprint density at radius 1 is 1.19 bits per heavy atom. The molecule has 0 aliphatic carbocycles. The number of carbonyl (C=O) groups excluding carboxylic acids is 2. The molecule has 1 aliphatic heterocycles. The van der Waals surface area contributed by atoms with E-state index in [4.69, 9.17) is 0 Å². The molecule has 3 N–H and O–H groups in total. The summed E-state index contributed by atoms with van der Waals surface area (Å²) in [5.74, 6) is -2.03. The maximum Gasteiger partial charge on any atom is 0.326 e. The number of hydrogen-bond acceptors (Lipinski definition) is 4. The standard InChI is InChI=1S/C20H22N2O5/c1-12(23)22-11-16(24)10-18(22)19(25)21-17(20(26)27)9-13-6-7-14-4-2-3-5-15(14)8-13/h2-8,16-18,24H,9-11H2,1H3,(H,21,25)(H,26,27)/t16-,17+,18+/m1/s1. The normalized spacial score (nSPS) is 20.4. The summed E-state index contributed by atoms with van der Waals surface area (Å²) in [5, 5.41) is 23.8. The summed E-state index contributed by atoms with van der Waals surface area (Å²) in [6.07, 6.45) is -0.553. The van der Waals surface area contributed by atoms with Gasteiger partial charge < -0.3 is 20.4 Å².